The van der Waals surface area contributed by atoms with Crippen molar-refractivity contribution in [2.75, 3.05) is 13.7 Å². The van der Waals surface area contributed by atoms with Crippen molar-refractivity contribution in [1.82, 2.24) is 24.1 Å². The molecule has 0 saturated heterocycles. The second-order valence-electron chi connectivity index (χ2n) is 4.24. The molecule has 0 aliphatic carbocycles. The highest BCUT2D eigenvalue weighted by atomic mass is 16.5. The summed E-state index contributed by atoms with van der Waals surface area (Å²) in [7, 11) is 1.61. The van der Waals surface area contributed by atoms with Crippen LogP contribution in [0.4, 0.5) is 0 Å². The second-order valence-corrected chi connectivity index (χ2v) is 4.24. The third-order valence-electron chi connectivity index (χ3n) is 2.95. The Bertz CT molecular complexity index is 805. The number of aryl methyl sites for hydroxylation is 1. The van der Waals surface area contributed by atoms with E-state index in [0.717, 1.165) is 0 Å². The van der Waals surface area contributed by atoms with Crippen LogP contribution in [0.1, 0.15) is 5.82 Å². The van der Waals surface area contributed by atoms with Gasteiger partial charge in [-0.2, -0.15) is 9.50 Å². The minimum Gasteiger partial charge on any atom is -0.383 e. The van der Waals surface area contributed by atoms with Gasteiger partial charge in [-0.1, -0.05) is 0 Å². The van der Waals surface area contributed by atoms with Crippen LogP contribution in [0.3, 0.4) is 0 Å². The smallest absolute Gasteiger partial charge is 0.261 e. The van der Waals surface area contributed by atoms with E-state index in [9.17, 15) is 4.79 Å². The van der Waals surface area contributed by atoms with Crippen LogP contribution < -0.4 is 5.56 Å². The molecule has 7 heteroatoms. The molecule has 0 amide bonds. The van der Waals surface area contributed by atoms with Gasteiger partial charge < -0.3 is 9.30 Å². The van der Waals surface area contributed by atoms with Gasteiger partial charge in [-0.3, -0.25) is 4.79 Å². The highest BCUT2D eigenvalue weighted by Crippen LogP contribution is 2.09. The SMILES string of the molecule is COCCn1ccc2c(cnc3nc(C)nn32)c1=O. The molecule has 0 N–H and O–H groups in total. The van der Waals surface area contributed by atoms with Crippen LogP contribution in [-0.4, -0.2) is 37.9 Å². The standard InChI is InChI=1S/C12H13N5O2/c1-8-14-12-13-7-9-10(17(12)15-8)3-4-16(11(9)18)5-6-19-2/h3-4,7H,5-6H2,1-2H3. The molecule has 3 heterocycles. The van der Waals surface area contributed by atoms with E-state index in [2.05, 4.69) is 15.1 Å². The van der Waals surface area contributed by atoms with Crippen LogP contribution in [0.25, 0.3) is 16.7 Å². The number of ether oxygens (including phenoxy) is 1. The zero-order chi connectivity index (χ0) is 13.4. The predicted molar refractivity (Wildman–Crippen MR) is 69.2 cm³/mol. The van der Waals surface area contributed by atoms with Crippen LogP contribution >= 0.6 is 0 Å². The van der Waals surface area contributed by atoms with E-state index in [1.165, 1.54) is 0 Å². The van der Waals surface area contributed by atoms with Gasteiger partial charge in [-0.05, 0) is 13.0 Å². The molecule has 0 atom stereocenters. The van der Waals surface area contributed by atoms with Crippen LogP contribution in [0.2, 0.25) is 0 Å². The van der Waals surface area contributed by atoms with Gasteiger partial charge in [0.05, 0.1) is 17.5 Å². The highest BCUT2D eigenvalue weighted by molar-refractivity contribution is 5.78. The van der Waals surface area contributed by atoms with Crippen LogP contribution in [0.15, 0.2) is 23.3 Å². The fraction of sp³-hybridized carbons (Fsp3) is 0.333. The summed E-state index contributed by atoms with van der Waals surface area (Å²) in [5.74, 6) is 1.13. The lowest BCUT2D eigenvalue weighted by atomic mass is 10.3. The van der Waals surface area contributed by atoms with Gasteiger partial charge in [-0.25, -0.2) is 4.98 Å². The van der Waals surface area contributed by atoms with Crippen molar-refractivity contribution in [3.63, 3.8) is 0 Å². The Balaban J connectivity index is 2.26. The van der Waals surface area contributed by atoms with E-state index in [1.54, 1.807) is 35.5 Å². The Hall–Kier alpha value is -2.28. The number of nitrogens with zero attached hydrogens (tertiary/aromatic N) is 5. The molecule has 0 aliphatic heterocycles. The van der Waals surface area contributed by atoms with E-state index in [-0.39, 0.29) is 5.56 Å². The molecule has 7 nitrogen and oxygen atoms in total. The average Bonchev–Trinajstić information content (AvgIpc) is 2.78. The fourth-order valence-electron chi connectivity index (χ4n) is 2.03. The summed E-state index contributed by atoms with van der Waals surface area (Å²) in [4.78, 5) is 20.6. The second kappa shape index (κ2) is 4.43. The Kier molecular flexibility index (Phi) is 2.75. The number of pyridine rings is 1. The molecule has 98 valence electrons. The Morgan fingerprint density at radius 2 is 2.26 bits per heavy atom. The van der Waals surface area contributed by atoms with Crippen molar-refractivity contribution >= 4 is 16.7 Å². The monoisotopic (exact) mass is 259 g/mol. The van der Waals surface area contributed by atoms with Gasteiger partial charge in [0.15, 0.2) is 0 Å². The largest absolute Gasteiger partial charge is 0.383 e. The molecule has 0 unspecified atom stereocenters. The first-order valence-corrected chi connectivity index (χ1v) is 5.91. The van der Waals surface area contributed by atoms with Gasteiger partial charge in [-0.15, -0.1) is 5.10 Å². The molecule has 0 aromatic carbocycles. The topological polar surface area (TPSA) is 74.3 Å². The van der Waals surface area contributed by atoms with Gasteiger partial charge >= 0.3 is 0 Å². The maximum atomic E-state index is 12.3. The molecule has 3 rings (SSSR count). The summed E-state index contributed by atoms with van der Waals surface area (Å²) in [6, 6.07) is 1.84. The molecule has 0 fully saturated rings. The van der Waals surface area contributed by atoms with E-state index in [4.69, 9.17) is 4.74 Å². The van der Waals surface area contributed by atoms with Crippen molar-refractivity contribution in [2.24, 2.45) is 0 Å². The molecular formula is C12H13N5O2. The molecule has 0 spiro atoms. The van der Waals surface area contributed by atoms with E-state index in [0.29, 0.717) is 35.7 Å². The van der Waals surface area contributed by atoms with Gasteiger partial charge in [0, 0.05) is 26.0 Å². The lowest BCUT2D eigenvalue weighted by Crippen LogP contribution is -2.22. The lowest BCUT2D eigenvalue weighted by molar-refractivity contribution is 0.186. The van der Waals surface area contributed by atoms with Crippen molar-refractivity contribution < 1.29 is 4.74 Å². The molecule has 0 saturated carbocycles. The van der Waals surface area contributed by atoms with E-state index < -0.39 is 0 Å². The number of hydrogen-bond donors (Lipinski definition) is 0. The van der Waals surface area contributed by atoms with Gasteiger partial charge in [0.2, 0.25) is 0 Å². The first-order valence-electron chi connectivity index (χ1n) is 5.91. The van der Waals surface area contributed by atoms with Crippen molar-refractivity contribution in [2.45, 2.75) is 13.5 Å². The van der Waals surface area contributed by atoms with Crippen LogP contribution in [0, 0.1) is 6.92 Å². The number of aromatic nitrogens is 5. The summed E-state index contributed by atoms with van der Waals surface area (Å²) in [6.07, 6.45) is 3.28. The number of methoxy groups -OCH3 is 1. The summed E-state index contributed by atoms with van der Waals surface area (Å²) >= 11 is 0. The fourth-order valence-corrected chi connectivity index (χ4v) is 2.03. The first kappa shape index (κ1) is 11.8. The molecule has 0 aliphatic rings. The van der Waals surface area contributed by atoms with Gasteiger partial charge in [0.25, 0.3) is 11.3 Å². The first-order chi connectivity index (χ1) is 9.20. The third kappa shape index (κ3) is 1.88. The Labute approximate surface area is 108 Å². The minimum atomic E-state index is -0.0999. The Morgan fingerprint density at radius 1 is 1.42 bits per heavy atom. The molecule has 0 bridgehead atoms. The zero-order valence-electron chi connectivity index (χ0n) is 10.7. The normalized spacial score (nSPS) is 11.5. The quantitative estimate of drug-likeness (QED) is 0.680. The Morgan fingerprint density at radius 3 is 3.05 bits per heavy atom. The number of fused-ring (bicyclic) bond motifs is 3. The van der Waals surface area contributed by atoms with Crippen LogP contribution in [0.5, 0.6) is 0 Å². The van der Waals surface area contributed by atoms with Crippen molar-refractivity contribution in [3.8, 4) is 0 Å². The average molecular weight is 259 g/mol. The van der Waals surface area contributed by atoms with Crippen molar-refractivity contribution in [3.05, 3.63) is 34.6 Å². The number of hydrogen-bond acceptors (Lipinski definition) is 5. The van der Waals surface area contributed by atoms with Gasteiger partial charge in [0.1, 0.15) is 5.82 Å². The minimum absolute atomic E-state index is 0.0999. The molecule has 19 heavy (non-hydrogen) atoms. The zero-order valence-corrected chi connectivity index (χ0v) is 10.7. The van der Waals surface area contributed by atoms with Crippen molar-refractivity contribution in [1.29, 1.82) is 0 Å². The maximum Gasteiger partial charge on any atom is 0.261 e. The highest BCUT2D eigenvalue weighted by Gasteiger charge is 2.09. The van der Waals surface area contributed by atoms with E-state index >= 15 is 0 Å². The summed E-state index contributed by atoms with van der Waals surface area (Å²) in [6.45, 7) is 2.80. The summed E-state index contributed by atoms with van der Waals surface area (Å²) in [5.41, 5.74) is 0.612. The molecule has 0 radical (unpaired) electrons. The summed E-state index contributed by atoms with van der Waals surface area (Å²) in [5, 5.41) is 4.77. The molecular weight excluding hydrogens is 246 g/mol. The lowest BCUT2D eigenvalue weighted by Gasteiger charge is -2.06. The summed E-state index contributed by atoms with van der Waals surface area (Å²) < 4.78 is 8.17. The van der Waals surface area contributed by atoms with E-state index in [1.807, 2.05) is 6.07 Å². The third-order valence-corrected chi connectivity index (χ3v) is 2.95. The molecule has 3 aromatic heterocycles. The maximum absolute atomic E-state index is 12.3. The molecule has 3 aromatic rings. The van der Waals surface area contributed by atoms with Crippen LogP contribution in [-0.2, 0) is 11.3 Å². The predicted octanol–water partition coefficient (Wildman–Crippen LogP) is 0.394. The number of rotatable bonds is 3.